The Morgan fingerprint density at radius 1 is 1.38 bits per heavy atom. The molecule has 118 valence electrons. The monoisotopic (exact) mass is 295 g/mol. The standard InChI is InChI=1S/C15H25N3O3/c1-11(10-18-6-8-20-9-7-18)16-15(19)5-4-14-12(2)17-21-13(14)3/h11H,4-10H2,1-3H3,(H,16,19)/t11-/m1/s1. The Labute approximate surface area is 125 Å². The molecule has 0 aliphatic carbocycles. The Kier molecular flexibility index (Phi) is 5.76. The Balaban J connectivity index is 1.71. The van der Waals surface area contributed by atoms with Crippen LogP contribution >= 0.6 is 0 Å². The van der Waals surface area contributed by atoms with Crippen LogP contribution in [0.3, 0.4) is 0 Å². The summed E-state index contributed by atoms with van der Waals surface area (Å²) in [5.74, 6) is 0.887. The van der Waals surface area contributed by atoms with Crippen molar-refractivity contribution in [3.05, 3.63) is 17.0 Å². The average Bonchev–Trinajstić information content (AvgIpc) is 2.77. The largest absolute Gasteiger partial charge is 0.379 e. The molecule has 0 bridgehead atoms. The third-order valence-corrected chi connectivity index (χ3v) is 3.83. The van der Waals surface area contributed by atoms with Crippen molar-refractivity contribution in [3.8, 4) is 0 Å². The van der Waals surface area contributed by atoms with E-state index in [1.807, 2.05) is 20.8 Å². The Hall–Kier alpha value is -1.40. The SMILES string of the molecule is Cc1noc(C)c1CCC(=O)N[C@H](C)CN1CCOCC1. The van der Waals surface area contributed by atoms with Crippen molar-refractivity contribution >= 4 is 5.91 Å². The van der Waals surface area contributed by atoms with Gasteiger partial charge in [0.25, 0.3) is 0 Å². The van der Waals surface area contributed by atoms with Crippen LogP contribution in [0.15, 0.2) is 4.52 Å². The maximum Gasteiger partial charge on any atom is 0.220 e. The van der Waals surface area contributed by atoms with Crippen molar-refractivity contribution in [2.45, 2.75) is 39.7 Å². The number of hydrogen-bond donors (Lipinski definition) is 1. The highest BCUT2D eigenvalue weighted by Crippen LogP contribution is 2.14. The lowest BCUT2D eigenvalue weighted by molar-refractivity contribution is -0.121. The van der Waals surface area contributed by atoms with Crippen LogP contribution in [0.5, 0.6) is 0 Å². The highest BCUT2D eigenvalue weighted by atomic mass is 16.5. The number of aryl methyl sites for hydroxylation is 2. The molecule has 2 rings (SSSR count). The van der Waals surface area contributed by atoms with Gasteiger partial charge in [0, 0.05) is 37.7 Å². The molecule has 1 aliphatic rings. The summed E-state index contributed by atoms with van der Waals surface area (Å²) >= 11 is 0. The van der Waals surface area contributed by atoms with E-state index in [0.717, 1.165) is 49.9 Å². The Morgan fingerprint density at radius 2 is 2.10 bits per heavy atom. The number of rotatable bonds is 6. The van der Waals surface area contributed by atoms with E-state index in [4.69, 9.17) is 9.26 Å². The zero-order valence-electron chi connectivity index (χ0n) is 13.1. The van der Waals surface area contributed by atoms with Gasteiger partial charge in [0.05, 0.1) is 18.9 Å². The maximum atomic E-state index is 12.0. The normalized spacial score (nSPS) is 17.7. The smallest absolute Gasteiger partial charge is 0.220 e. The van der Waals surface area contributed by atoms with Gasteiger partial charge in [-0.05, 0) is 27.2 Å². The summed E-state index contributed by atoms with van der Waals surface area (Å²) in [4.78, 5) is 14.3. The van der Waals surface area contributed by atoms with E-state index in [1.54, 1.807) is 0 Å². The molecule has 1 aliphatic heterocycles. The molecule has 1 saturated heterocycles. The molecule has 0 radical (unpaired) electrons. The van der Waals surface area contributed by atoms with E-state index in [1.165, 1.54) is 0 Å². The molecule has 1 N–H and O–H groups in total. The van der Waals surface area contributed by atoms with Crippen molar-refractivity contribution in [1.82, 2.24) is 15.4 Å². The van der Waals surface area contributed by atoms with E-state index in [-0.39, 0.29) is 11.9 Å². The lowest BCUT2D eigenvalue weighted by Crippen LogP contribution is -2.46. The first-order valence-corrected chi connectivity index (χ1v) is 7.57. The van der Waals surface area contributed by atoms with Gasteiger partial charge in [-0.3, -0.25) is 9.69 Å². The second-order valence-electron chi connectivity index (χ2n) is 5.68. The first-order valence-electron chi connectivity index (χ1n) is 7.57. The number of amides is 1. The highest BCUT2D eigenvalue weighted by molar-refractivity contribution is 5.76. The number of carbonyl (C=O) groups excluding carboxylic acids is 1. The number of ether oxygens (including phenoxy) is 1. The van der Waals surface area contributed by atoms with E-state index >= 15 is 0 Å². The molecule has 1 aromatic rings. The van der Waals surface area contributed by atoms with Gasteiger partial charge in [0.2, 0.25) is 5.91 Å². The van der Waals surface area contributed by atoms with Crippen molar-refractivity contribution in [1.29, 1.82) is 0 Å². The van der Waals surface area contributed by atoms with Gasteiger partial charge in [0.1, 0.15) is 5.76 Å². The second-order valence-corrected chi connectivity index (χ2v) is 5.68. The lowest BCUT2D eigenvalue weighted by atomic mass is 10.1. The maximum absolute atomic E-state index is 12.0. The van der Waals surface area contributed by atoms with Crippen LogP contribution in [-0.2, 0) is 16.0 Å². The summed E-state index contributed by atoms with van der Waals surface area (Å²) in [5.41, 5.74) is 1.92. The molecule has 0 unspecified atom stereocenters. The Morgan fingerprint density at radius 3 is 2.71 bits per heavy atom. The summed E-state index contributed by atoms with van der Waals surface area (Å²) in [6.45, 7) is 10.2. The molecule has 1 fully saturated rings. The van der Waals surface area contributed by atoms with Crippen LogP contribution < -0.4 is 5.32 Å². The minimum absolute atomic E-state index is 0.0794. The van der Waals surface area contributed by atoms with Crippen LogP contribution in [0.4, 0.5) is 0 Å². The lowest BCUT2D eigenvalue weighted by Gasteiger charge is -2.29. The third kappa shape index (κ3) is 4.82. The minimum Gasteiger partial charge on any atom is -0.379 e. The molecule has 21 heavy (non-hydrogen) atoms. The number of hydrogen-bond acceptors (Lipinski definition) is 5. The molecule has 1 amide bonds. The van der Waals surface area contributed by atoms with Gasteiger partial charge >= 0.3 is 0 Å². The average molecular weight is 295 g/mol. The van der Waals surface area contributed by atoms with Crippen LogP contribution in [0.25, 0.3) is 0 Å². The van der Waals surface area contributed by atoms with Crippen molar-refractivity contribution in [2.75, 3.05) is 32.8 Å². The van der Waals surface area contributed by atoms with E-state index in [2.05, 4.69) is 15.4 Å². The van der Waals surface area contributed by atoms with Gasteiger partial charge in [-0.25, -0.2) is 0 Å². The predicted octanol–water partition coefficient (Wildman–Crippen LogP) is 1.06. The first kappa shape index (κ1) is 16.0. The molecule has 0 aromatic carbocycles. The number of morpholine rings is 1. The summed E-state index contributed by atoms with van der Waals surface area (Å²) < 4.78 is 10.4. The summed E-state index contributed by atoms with van der Waals surface area (Å²) in [6.07, 6.45) is 1.15. The Bertz CT molecular complexity index is 447. The molecule has 1 aromatic heterocycles. The second kappa shape index (κ2) is 7.56. The number of aromatic nitrogens is 1. The van der Waals surface area contributed by atoms with Gasteiger partial charge in [-0.2, -0.15) is 0 Å². The fourth-order valence-corrected chi connectivity index (χ4v) is 2.66. The van der Waals surface area contributed by atoms with Crippen molar-refractivity contribution in [3.63, 3.8) is 0 Å². The summed E-state index contributed by atoms with van der Waals surface area (Å²) in [7, 11) is 0. The van der Waals surface area contributed by atoms with Crippen LogP contribution in [-0.4, -0.2) is 54.9 Å². The van der Waals surface area contributed by atoms with Gasteiger partial charge < -0.3 is 14.6 Å². The van der Waals surface area contributed by atoms with Crippen LogP contribution in [0.2, 0.25) is 0 Å². The highest BCUT2D eigenvalue weighted by Gasteiger charge is 2.16. The van der Waals surface area contributed by atoms with Crippen molar-refractivity contribution < 1.29 is 14.1 Å². The van der Waals surface area contributed by atoms with Crippen molar-refractivity contribution in [2.24, 2.45) is 0 Å². The third-order valence-electron chi connectivity index (χ3n) is 3.83. The zero-order valence-corrected chi connectivity index (χ0v) is 13.1. The topological polar surface area (TPSA) is 67.6 Å². The zero-order chi connectivity index (χ0) is 15.2. The molecular formula is C15H25N3O3. The van der Waals surface area contributed by atoms with E-state index < -0.39 is 0 Å². The molecule has 2 heterocycles. The molecule has 1 atom stereocenters. The number of carbonyl (C=O) groups is 1. The van der Waals surface area contributed by atoms with Gasteiger partial charge in [0.15, 0.2) is 0 Å². The molecule has 0 spiro atoms. The van der Waals surface area contributed by atoms with Crippen LogP contribution in [0, 0.1) is 13.8 Å². The van der Waals surface area contributed by atoms with E-state index in [0.29, 0.717) is 12.8 Å². The number of nitrogens with one attached hydrogen (secondary N) is 1. The molecule has 6 nitrogen and oxygen atoms in total. The first-order chi connectivity index (χ1) is 10.1. The predicted molar refractivity (Wildman–Crippen MR) is 79.2 cm³/mol. The quantitative estimate of drug-likeness (QED) is 0.850. The van der Waals surface area contributed by atoms with E-state index in [9.17, 15) is 4.79 Å². The summed E-state index contributed by atoms with van der Waals surface area (Å²) in [5, 5.41) is 6.96. The molecule has 0 saturated carbocycles. The van der Waals surface area contributed by atoms with Crippen LogP contribution in [0.1, 0.15) is 30.4 Å². The fourth-order valence-electron chi connectivity index (χ4n) is 2.66. The fraction of sp³-hybridized carbons (Fsp3) is 0.733. The molecular weight excluding hydrogens is 270 g/mol. The summed E-state index contributed by atoms with van der Waals surface area (Å²) in [6, 6.07) is 0.153. The van der Waals surface area contributed by atoms with Gasteiger partial charge in [-0.15, -0.1) is 0 Å². The molecule has 6 heteroatoms. The minimum atomic E-state index is 0.0794. The number of nitrogens with zero attached hydrogens (tertiary/aromatic N) is 2. The van der Waals surface area contributed by atoms with Gasteiger partial charge in [-0.1, -0.05) is 5.16 Å².